The van der Waals surface area contributed by atoms with Gasteiger partial charge in [-0.3, -0.25) is 0 Å². The molecule has 0 bridgehead atoms. The molecule has 0 amide bonds. The minimum atomic E-state index is 0.657. The van der Waals surface area contributed by atoms with Gasteiger partial charge in [-0.15, -0.1) is 0 Å². The highest BCUT2D eigenvalue weighted by atomic mass is 15.0. The lowest BCUT2D eigenvalue weighted by Gasteiger charge is -2.18. The maximum atomic E-state index is 10.3. The quantitative estimate of drug-likeness (QED) is 0.167. The van der Waals surface area contributed by atoms with Crippen LogP contribution in [0.4, 0.5) is 0 Å². The van der Waals surface area contributed by atoms with Crippen molar-refractivity contribution in [2.75, 3.05) is 0 Å². The Morgan fingerprint density at radius 3 is 1.28 bits per heavy atom. The highest BCUT2D eigenvalue weighted by molar-refractivity contribution is 6.21. The molecule has 10 rings (SSSR count). The number of para-hydroxylation sites is 2. The molecule has 10 aromatic rings. The van der Waals surface area contributed by atoms with Crippen molar-refractivity contribution in [2.24, 2.45) is 0 Å². The van der Waals surface area contributed by atoms with E-state index < -0.39 is 0 Å². The van der Waals surface area contributed by atoms with Gasteiger partial charge in [0.15, 0.2) is 0 Å². The third-order valence-electron chi connectivity index (χ3n) is 10.7. The van der Waals surface area contributed by atoms with E-state index in [1.807, 2.05) is 6.07 Å². The summed E-state index contributed by atoms with van der Waals surface area (Å²) < 4.78 is 2.32. The highest BCUT2D eigenvalue weighted by Gasteiger charge is 2.17. The van der Waals surface area contributed by atoms with Crippen LogP contribution < -0.4 is 0 Å². The van der Waals surface area contributed by atoms with E-state index >= 15 is 0 Å². The molecule has 0 N–H and O–H groups in total. The number of fused-ring (bicyclic) bond motifs is 5. The van der Waals surface area contributed by atoms with Crippen LogP contribution in [0.2, 0.25) is 0 Å². The van der Waals surface area contributed by atoms with Crippen LogP contribution in [0.5, 0.6) is 0 Å². The fraction of sp³-hybridized carbons (Fsp3) is 0. The van der Waals surface area contributed by atoms with Crippen molar-refractivity contribution in [3.8, 4) is 56.3 Å². The second-order valence-corrected chi connectivity index (χ2v) is 13.6. The van der Waals surface area contributed by atoms with Gasteiger partial charge in [0.1, 0.15) is 0 Å². The van der Waals surface area contributed by atoms with E-state index in [-0.39, 0.29) is 0 Å². The molecule has 1 aromatic heterocycles. The Bertz CT molecular complexity index is 2920. The molecule has 0 saturated carbocycles. The second kappa shape index (κ2) is 12.5. The van der Waals surface area contributed by atoms with E-state index in [9.17, 15) is 5.26 Å². The number of rotatable bonds is 5. The summed E-state index contributed by atoms with van der Waals surface area (Å²) in [5.74, 6) is 0. The van der Waals surface area contributed by atoms with Gasteiger partial charge in [-0.1, -0.05) is 164 Å². The number of benzene rings is 9. The van der Waals surface area contributed by atoms with E-state index in [2.05, 4.69) is 199 Å². The molecule has 0 unspecified atom stereocenters. The minimum Gasteiger partial charge on any atom is -0.309 e. The third-order valence-corrected chi connectivity index (χ3v) is 10.7. The molecule has 2 heteroatoms. The summed E-state index contributed by atoms with van der Waals surface area (Å²) in [5, 5.41) is 17.8. The molecule has 0 fully saturated rings. The lowest BCUT2D eigenvalue weighted by molar-refractivity contribution is 1.18. The topological polar surface area (TPSA) is 28.7 Å². The smallest absolute Gasteiger partial charge is 0.0998 e. The van der Waals surface area contributed by atoms with Gasteiger partial charge in [-0.05, 0) is 96.4 Å². The lowest BCUT2D eigenvalue weighted by Crippen LogP contribution is -1.94. The summed E-state index contributed by atoms with van der Waals surface area (Å²) in [5.41, 5.74) is 13.0. The molecule has 0 radical (unpaired) electrons. The predicted molar refractivity (Wildman–Crippen MR) is 222 cm³/mol. The van der Waals surface area contributed by atoms with Crippen molar-refractivity contribution in [2.45, 2.75) is 0 Å². The second-order valence-electron chi connectivity index (χ2n) is 13.6. The monoisotopic (exact) mass is 672 g/mol. The van der Waals surface area contributed by atoms with Gasteiger partial charge < -0.3 is 4.57 Å². The Balaban J connectivity index is 1.01. The summed E-state index contributed by atoms with van der Waals surface area (Å²) in [6, 6.07) is 71.4. The van der Waals surface area contributed by atoms with Crippen LogP contribution in [0.25, 0.3) is 93.5 Å². The first-order valence-corrected chi connectivity index (χ1v) is 18.0. The summed E-state index contributed by atoms with van der Waals surface area (Å²) in [6.07, 6.45) is 0. The minimum absolute atomic E-state index is 0.657. The van der Waals surface area contributed by atoms with Crippen molar-refractivity contribution in [1.29, 1.82) is 5.26 Å². The molecule has 0 aliphatic rings. The zero-order valence-corrected chi connectivity index (χ0v) is 28.9. The van der Waals surface area contributed by atoms with Gasteiger partial charge in [0, 0.05) is 16.5 Å². The van der Waals surface area contributed by atoms with Crippen LogP contribution in [0, 0.1) is 11.3 Å². The van der Waals surface area contributed by atoms with E-state index in [4.69, 9.17) is 0 Å². The van der Waals surface area contributed by atoms with E-state index in [1.165, 1.54) is 65.6 Å². The van der Waals surface area contributed by atoms with Crippen molar-refractivity contribution in [3.05, 3.63) is 200 Å². The molecule has 53 heavy (non-hydrogen) atoms. The highest BCUT2D eigenvalue weighted by Crippen LogP contribution is 2.44. The van der Waals surface area contributed by atoms with Crippen molar-refractivity contribution < 1.29 is 0 Å². The molecule has 0 aliphatic carbocycles. The van der Waals surface area contributed by atoms with Crippen LogP contribution in [0.3, 0.4) is 0 Å². The normalized spacial score (nSPS) is 11.4. The molecule has 0 saturated heterocycles. The molecular formula is C51H32N2. The SMILES string of the molecule is N#Cc1cc(-c2ccc(-c3c4ccccc4c(-c4ccccc4)c4ccccc34)cc2)ccc1-c1ccc(-n2c3ccccc3c3ccccc32)cc1. The molecule has 246 valence electrons. The van der Waals surface area contributed by atoms with Crippen molar-refractivity contribution in [3.63, 3.8) is 0 Å². The average Bonchev–Trinajstić information content (AvgIpc) is 3.57. The molecule has 0 spiro atoms. The van der Waals surface area contributed by atoms with E-state index in [1.54, 1.807) is 0 Å². The molecule has 2 nitrogen and oxygen atoms in total. The fourth-order valence-electron chi connectivity index (χ4n) is 8.24. The molecule has 9 aromatic carbocycles. The van der Waals surface area contributed by atoms with Gasteiger partial charge in [-0.25, -0.2) is 0 Å². The maximum absolute atomic E-state index is 10.3. The molecule has 1 heterocycles. The van der Waals surface area contributed by atoms with Gasteiger partial charge in [0.2, 0.25) is 0 Å². The molecule has 0 aliphatic heterocycles. The van der Waals surface area contributed by atoms with Gasteiger partial charge >= 0.3 is 0 Å². The first-order valence-electron chi connectivity index (χ1n) is 18.0. The number of nitrogens with zero attached hydrogens (tertiary/aromatic N) is 2. The number of aromatic nitrogens is 1. The molecule has 0 atom stereocenters. The number of hydrogen-bond acceptors (Lipinski definition) is 1. The first kappa shape index (κ1) is 30.6. The van der Waals surface area contributed by atoms with E-state index in [0.29, 0.717) is 5.56 Å². The zero-order chi connectivity index (χ0) is 35.3. The molecular weight excluding hydrogens is 641 g/mol. The Kier molecular flexibility index (Phi) is 7.23. The van der Waals surface area contributed by atoms with Crippen LogP contribution in [-0.2, 0) is 0 Å². The fourth-order valence-corrected chi connectivity index (χ4v) is 8.24. The summed E-state index contributed by atoms with van der Waals surface area (Å²) >= 11 is 0. The van der Waals surface area contributed by atoms with Crippen LogP contribution in [-0.4, -0.2) is 4.57 Å². The summed E-state index contributed by atoms with van der Waals surface area (Å²) in [7, 11) is 0. The number of hydrogen-bond donors (Lipinski definition) is 0. The van der Waals surface area contributed by atoms with Gasteiger partial charge in [0.05, 0.1) is 22.7 Å². The lowest BCUT2D eigenvalue weighted by atomic mass is 9.85. The third kappa shape index (κ3) is 5.02. The predicted octanol–water partition coefficient (Wildman–Crippen LogP) is 13.6. The summed E-state index contributed by atoms with van der Waals surface area (Å²) in [6.45, 7) is 0. The Hall–Kier alpha value is -7.21. The van der Waals surface area contributed by atoms with Gasteiger partial charge in [-0.2, -0.15) is 5.26 Å². The Morgan fingerprint density at radius 1 is 0.340 bits per heavy atom. The van der Waals surface area contributed by atoms with Gasteiger partial charge in [0.25, 0.3) is 0 Å². The Labute approximate surface area is 308 Å². The van der Waals surface area contributed by atoms with Crippen LogP contribution in [0.1, 0.15) is 5.56 Å². The van der Waals surface area contributed by atoms with Crippen LogP contribution >= 0.6 is 0 Å². The largest absolute Gasteiger partial charge is 0.309 e. The Morgan fingerprint density at radius 2 is 0.755 bits per heavy atom. The maximum Gasteiger partial charge on any atom is 0.0998 e. The van der Waals surface area contributed by atoms with Crippen molar-refractivity contribution >= 4 is 43.4 Å². The van der Waals surface area contributed by atoms with Crippen molar-refractivity contribution in [1.82, 2.24) is 4.57 Å². The summed E-state index contributed by atoms with van der Waals surface area (Å²) in [4.78, 5) is 0. The van der Waals surface area contributed by atoms with E-state index in [0.717, 1.165) is 27.9 Å². The van der Waals surface area contributed by atoms with Crippen LogP contribution in [0.15, 0.2) is 194 Å². The average molecular weight is 673 g/mol. The number of nitriles is 1. The zero-order valence-electron chi connectivity index (χ0n) is 28.9. The standard InChI is InChI=1S/C51H32N2/c52-33-39-32-38(28-31-41(39)35-26-29-40(30-27-35)53-48-20-10-8-14-42(48)43-15-9-11-21-49(43)53)34-22-24-37(25-23-34)51-46-18-6-4-16-44(46)50(36-12-2-1-3-13-36)45-17-5-7-19-47(45)51/h1-32H. The first-order chi connectivity index (χ1) is 26.3.